The summed E-state index contributed by atoms with van der Waals surface area (Å²) in [6, 6.07) is 13.7. The molecule has 1 aromatic heterocycles. The number of aromatic nitrogens is 1. The van der Waals surface area contributed by atoms with Gasteiger partial charge >= 0.3 is 0 Å². The molecule has 0 saturated carbocycles. The number of rotatable bonds is 7. The minimum atomic E-state index is -0.449. The van der Waals surface area contributed by atoms with Crippen molar-refractivity contribution in [2.24, 2.45) is 5.73 Å². The molecule has 32 heavy (non-hydrogen) atoms. The van der Waals surface area contributed by atoms with Crippen molar-refractivity contribution >= 4 is 51.9 Å². The number of aryl methyl sites for hydroxylation is 1. The Morgan fingerprint density at radius 2 is 1.81 bits per heavy atom. The average Bonchev–Trinajstić information content (AvgIpc) is 3.24. The topological polar surface area (TPSA) is 122 Å². The number of hydrogen-bond donors (Lipinski definition) is 2. The van der Waals surface area contributed by atoms with Crippen LogP contribution in [0.15, 0.2) is 52.7 Å². The van der Waals surface area contributed by atoms with Gasteiger partial charge in [0.05, 0.1) is 33.3 Å². The minimum Gasteiger partial charge on any atom is -0.369 e. The van der Waals surface area contributed by atoms with Crippen LogP contribution in [-0.2, 0) is 11.3 Å². The zero-order chi connectivity index (χ0) is 22.8. The summed E-state index contributed by atoms with van der Waals surface area (Å²) < 4.78 is 0.783. The average molecular weight is 467 g/mol. The zero-order valence-corrected chi connectivity index (χ0v) is 18.6. The molecule has 3 aromatic rings. The molecule has 1 aliphatic rings. The molecule has 0 unspecified atom stereocenters. The highest BCUT2D eigenvalue weighted by Crippen LogP contribution is 2.32. The molecular formula is C22H18N4O4S2. The van der Waals surface area contributed by atoms with Crippen LogP contribution in [0.4, 0.5) is 5.13 Å². The van der Waals surface area contributed by atoms with Crippen LogP contribution < -0.4 is 11.1 Å². The van der Waals surface area contributed by atoms with Gasteiger partial charge in [0.15, 0.2) is 5.13 Å². The van der Waals surface area contributed by atoms with E-state index >= 15 is 0 Å². The first kappa shape index (κ1) is 21.7. The summed E-state index contributed by atoms with van der Waals surface area (Å²) in [5.41, 5.74) is 7.41. The zero-order valence-electron chi connectivity index (χ0n) is 17.0. The van der Waals surface area contributed by atoms with Crippen molar-refractivity contribution in [2.45, 2.75) is 17.7 Å². The molecule has 3 N–H and O–H groups in total. The van der Waals surface area contributed by atoms with Gasteiger partial charge in [0.2, 0.25) is 5.91 Å². The summed E-state index contributed by atoms with van der Waals surface area (Å²) in [6.45, 7) is 1.94. The minimum absolute atomic E-state index is 0.122. The van der Waals surface area contributed by atoms with Crippen LogP contribution in [0.1, 0.15) is 42.3 Å². The number of carbonyl (C=O) groups is 4. The second kappa shape index (κ2) is 8.93. The smallest absolute Gasteiger partial charge is 0.261 e. The Balaban J connectivity index is 1.50. The van der Waals surface area contributed by atoms with Crippen molar-refractivity contribution in [3.63, 3.8) is 0 Å². The third kappa shape index (κ3) is 4.41. The molecule has 8 nitrogen and oxygen atoms in total. The number of carbonyl (C=O) groups excluding carboxylic acids is 4. The van der Waals surface area contributed by atoms with Gasteiger partial charge in [-0.2, -0.15) is 0 Å². The molecule has 4 amide bonds. The van der Waals surface area contributed by atoms with Crippen LogP contribution in [0, 0.1) is 6.92 Å². The van der Waals surface area contributed by atoms with E-state index in [1.165, 1.54) is 46.2 Å². The lowest BCUT2D eigenvalue weighted by molar-refractivity contribution is -0.115. The fourth-order valence-electron chi connectivity index (χ4n) is 3.22. The Hall–Kier alpha value is -3.50. The fourth-order valence-corrected chi connectivity index (χ4v) is 5.09. The largest absolute Gasteiger partial charge is 0.369 e. The van der Waals surface area contributed by atoms with Gasteiger partial charge in [-0.15, -0.1) is 11.8 Å². The highest BCUT2D eigenvalue weighted by Gasteiger charge is 2.36. The second-order valence-electron chi connectivity index (χ2n) is 7.04. The molecule has 0 fully saturated rings. The Kier molecular flexibility index (Phi) is 6.06. The van der Waals surface area contributed by atoms with Gasteiger partial charge in [0.25, 0.3) is 17.7 Å². The van der Waals surface area contributed by atoms with E-state index in [1.807, 2.05) is 30.3 Å². The maximum Gasteiger partial charge on any atom is 0.261 e. The number of amides is 4. The van der Waals surface area contributed by atoms with Crippen LogP contribution >= 0.6 is 23.1 Å². The van der Waals surface area contributed by atoms with Crippen molar-refractivity contribution in [3.05, 3.63) is 76.5 Å². The summed E-state index contributed by atoms with van der Waals surface area (Å²) in [6.07, 6.45) is 0. The second-order valence-corrected chi connectivity index (χ2v) is 9.29. The number of hydrogen-bond acceptors (Lipinski definition) is 7. The maximum absolute atomic E-state index is 12.8. The summed E-state index contributed by atoms with van der Waals surface area (Å²) in [7, 11) is 0. The predicted octanol–water partition coefficient (Wildman–Crippen LogP) is 3.08. The van der Waals surface area contributed by atoms with Crippen molar-refractivity contribution < 1.29 is 19.2 Å². The molecule has 0 spiro atoms. The molecule has 2 aromatic carbocycles. The first-order valence-corrected chi connectivity index (χ1v) is 11.4. The van der Waals surface area contributed by atoms with Gasteiger partial charge in [0.1, 0.15) is 0 Å². The number of nitrogens with one attached hydrogen (secondary N) is 1. The van der Waals surface area contributed by atoms with E-state index in [0.717, 1.165) is 9.77 Å². The lowest BCUT2D eigenvalue weighted by Gasteiger charge is -2.13. The van der Waals surface area contributed by atoms with Gasteiger partial charge in [-0.1, -0.05) is 41.7 Å². The number of benzene rings is 2. The monoisotopic (exact) mass is 466 g/mol. The summed E-state index contributed by atoms with van der Waals surface area (Å²) in [5.74, 6) is -1.58. The Bertz CT molecular complexity index is 1240. The molecule has 4 rings (SSSR count). The Morgan fingerprint density at radius 1 is 1.09 bits per heavy atom. The lowest BCUT2D eigenvalue weighted by atomic mass is 10.1. The first-order chi connectivity index (χ1) is 15.3. The number of thiazole rings is 1. The van der Waals surface area contributed by atoms with E-state index < -0.39 is 17.7 Å². The molecule has 0 bridgehead atoms. The van der Waals surface area contributed by atoms with Crippen molar-refractivity contribution in [1.29, 1.82) is 0 Å². The predicted molar refractivity (Wildman–Crippen MR) is 122 cm³/mol. The molecule has 0 saturated heterocycles. The van der Waals surface area contributed by atoms with Gasteiger partial charge < -0.3 is 5.73 Å². The Morgan fingerprint density at radius 3 is 2.53 bits per heavy atom. The molecule has 1 aliphatic heterocycles. The highest BCUT2D eigenvalue weighted by molar-refractivity contribution is 8.01. The molecule has 0 aliphatic carbocycles. The van der Waals surface area contributed by atoms with Gasteiger partial charge in [-0.25, -0.2) is 4.98 Å². The molecule has 0 radical (unpaired) electrons. The van der Waals surface area contributed by atoms with E-state index in [1.54, 1.807) is 6.92 Å². The number of thioether (sulfide) groups is 1. The van der Waals surface area contributed by atoms with E-state index in [4.69, 9.17) is 5.73 Å². The standard InChI is InChI=1S/C22H18N4O4S2/c1-12-21(31-11-17(23)27)32-22(24-12)25-18(28)14-7-8-15-16(9-14)20(30)26(19(15)29)10-13-5-3-2-4-6-13/h2-9H,10-11H2,1H3,(H2,23,27)(H,24,25,28). The Labute approximate surface area is 191 Å². The van der Waals surface area contributed by atoms with E-state index in [0.29, 0.717) is 10.8 Å². The number of nitrogens with zero attached hydrogens (tertiary/aromatic N) is 2. The number of nitrogens with two attached hydrogens (primary N) is 1. The number of imide groups is 1. The van der Waals surface area contributed by atoms with Gasteiger partial charge in [-0.05, 0) is 30.7 Å². The van der Waals surface area contributed by atoms with Crippen LogP contribution in [0.5, 0.6) is 0 Å². The molecule has 10 heteroatoms. The van der Waals surface area contributed by atoms with E-state index in [-0.39, 0.29) is 34.9 Å². The summed E-state index contributed by atoms with van der Waals surface area (Å²) in [5, 5.41) is 3.07. The van der Waals surface area contributed by atoms with E-state index in [2.05, 4.69) is 10.3 Å². The molecular weight excluding hydrogens is 448 g/mol. The first-order valence-electron chi connectivity index (χ1n) is 9.57. The van der Waals surface area contributed by atoms with Gasteiger partial charge in [-0.3, -0.25) is 29.4 Å². The SMILES string of the molecule is Cc1nc(NC(=O)c2ccc3c(c2)C(=O)N(Cc2ccccc2)C3=O)sc1SCC(N)=O. The van der Waals surface area contributed by atoms with Crippen LogP contribution in [0.2, 0.25) is 0 Å². The summed E-state index contributed by atoms with van der Waals surface area (Å²) in [4.78, 5) is 54.7. The van der Waals surface area contributed by atoms with Crippen molar-refractivity contribution in [3.8, 4) is 0 Å². The van der Waals surface area contributed by atoms with Crippen molar-refractivity contribution in [2.75, 3.05) is 11.1 Å². The third-order valence-electron chi connectivity index (χ3n) is 4.74. The van der Waals surface area contributed by atoms with E-state index in [9.17, 15) is 19.2 Å². The number of primary amides is 1. The quantitative estimate of drug-likeness (QED) is 0.408. The number of anilines is 1. The summed E-state index contributed by atoms with van der Waals surface area (Å²) >= 11 is 2.49. The van der Waals surface area contributed by atoms with Gasteiger partial charge in [0, 0.05) is 5.56 Å². The van der Waals surface area contributed by atoms with Crippen LogP contribution in [0.25, 0.3) is 0 Å². The van der Waals surface area contributed by atoms with Crippen LogP contribution in [0.3, 0.4) is 0 Å². The molecule has 2 heterocycles. The van der Waals surface area contributed by atoms with Crippen LogP contribution in [-0.4, -0.2) is 39.3 Å². The fraction of sp³-hybridized carbons (Fsp3) is 0.136. The number of fused-ring (bicyclic) bond motifs is 1. The molecule has 0 atom stereocenters. The maximum atomic E-state index is 12.8. The normalized spacial score (nSPS) is 12.7. The highest BCUT2D eigenvalue weighted by atomic mass is 32.2. The van der Waals surface area contributed by atoms with Crippen molar-refractivity contribution in [1.82, 2.24) is 9.88 Å². The third-order valence-corrected chi connectivity index (χ3v) is 7.19. The molecule has 162 valence electrons. The lowest BCUT2D eigenvalue weighted by Crippen LogP contribution is -2.29.